The van der Waals surface area contributed by atoms with Gasteiger partial charge in [0.1, 0.15) is 0 Å². The largest absolute Gasteiger partial charge is 0.384 e. The lowest BCUT2D eigenvalue weighted by Crippen LogP contribution is -2.40. The molecule has 2 aliphatic rings. The van der Waals surface area contributed by atoms with Crippen molar-refractivity contribution in [3.63, 3.8) is 0 Å². The number of ether oxygens (including phenoxy) is 1. The Balaban J connectivity index is 0.00000280. The smallest absolute Gasteiger partial charge is 0.243 e. The lowest BCUT2D eigenvalue weighted by molar-refractivity contribution is -0.116. The molecule has 0 aliphatic carbocycles. The maximum Gasteiger partial charge on any atom is 0.243 e. The molecular weight excluding hydrogens is 404 g/mol. The summed E-state index contributed by atoms with van der Waals surface area (Å²) < 4.78 is 32.5. The van der Waals surface area contributed by atoms with Crippen LogP contribution in [0.1, 0.15) is 26.2 Å². The first kappa shape index (κ1) is 22.9. The average Bonchev–Trinajstić information content (AvgIpc) is 3.17. The van der Waals surface area contributed by atoms with Crippen molar-refractivity contribution in [3.05, 3.63) is 18.2 Å². The van der Waals surface area contributed by atoms with Gasteiger partial charge in [0.05, 0.1) is 29.5 Å². The number of nitrogens with one attached hydrogen (secondary N) is 3. The van der Waals surface area contributed by atoms with E-state index in [9.17, 15) is 13.2 Å². The zero-order valence-electron chi connectivity index (χ0n) is 16.1. The quantitative estimate of drug-likeness (QED) is 0.605. The molecule has 8 nitrogen and oxygen atoms in total. The van der Waals surface area contributed by atoms with Crippen molar-refractivity contribution in [2.24, 2.45) is 0 Å². The number of hydrogen-bond acceptors (Lipinski definition) is 6. The van der Waals surface area contributed by atoms with Crippen LogP contribution in [-0.2, 0) is 19.6 Å². The molecule has 3 N–H and O–H groups in total. The molecule has 1 aromatic rings. The van der Waals surface area contributed by atoms with Gasteiger partial charge in [0, 0.05) is 32.1 Å². The number of anilines is 2. The molecule has 3 rings (SSSR count). The average molecular weight is 433 g/mol. The minimum atomic E-state index is -3.61. The molecule has 158 valence electrons. The lowest BCUT2D eigenvalue weighted by atomic mass is 10.1. The van der Waals surface area contributed by atoms with Gasteiger partial charge < -0.3 is 20.7 Å². The molecule has 2 heterocycles. The number of nitrogens with zero attached hydrogens (tertiary/aromatic N) is 1. The van der Waals surface area contributed by atoms with Crippen molar-refractivity contribution in [1.82, 2.24) is 9.62 Å². The van der Waals surface area contributed by atoms with E-state index in [4.69, 9.17) is 4.74 Å². The molecule has 28 heavy (non-hydrogen) atoms. The summed E-state index contributed by atoms with van der Waals surface area (Å²) in [6, 6.07) is 5.02. The Morgan fingerprint density at radius 3 is 2.68 bits per heavy atom. The van der Waals surface area contributed by atoms with Crippen molar-refractivity contribution in [2.75, 3.05) is 50.0 Å². The number of carbonyl (C=O) groups is 1. The van der Waals surface area contributed by atoms with Gasteiger partial charge in [0.25, 0.3) is 0 Å². The van der Waals surface area contributed by atoms with Gasteiger partial charge in [0.15, 0.2) is 0 Å². The summed E-state index contributed by atoms with van der Waals surface area (Å²) in [6.07, 6.45) is 2.44. The highest BCUT2D eigenvalue weighted by molar-refractivity contribution is 7.89. The fourth-order valence-electron chi connectivity index (χ4n) is 3.42. The summed E-state index contributed by atoms with van der Waals surface area (Å²) in [4.78, 5) is 12.6. The van der Waals surface area contributed by atoms with Crippen LogP contribution in [0.5, 0.6) is 0 Å². The van der Waals surface area contributed by atoms with Crippen molar-refractivity contribution >= 4 is 39.7 Å². The van der Waals surface area contributed by atoms with Crippen LogP contribution in [0.4, 0.5) is 11.4 Å². The first-order chi connectivity index (χ1) is 13.0. The third-order valence-electron chi connectivity index (χ3n) is 4.83. The predicted octanol–water partition coefficient (Wildman–Crippen LogP) is 1.64. The summed E-state index contributed by atoms with van der Waals surface area (Å²) in [6.45, 7) is 5.03. The number of sulfonamides is 1. The molecule has 1 aromatic carbocycles. The SMILES string of the molecule is CCNc1ccc(S(=O)(=O)N2CCOCC2)cc1NC(=O)CC1CCCN1.Cl. The third-order valence-corrected chi connectivity index (χ3v) is 6.73. The van der Waals surface area contributed by atoms with Crippen molar-refractivity contribution in [2.45, 2.75) is 37.1 Å². The second-order valence-electron chi connectivity index (χ2n) is 6.80. The normalized spacial score (nSPS) is 20.4. The first-order valence-corrected chi connectivity index (χ1v) is 10.9. The predicted molar refractivity (Wildman–Crippen MR) is 112 cm³/mol. The minimum Gasteiger partial charge on any atom is -0.384 e. The lowest BCUT2D eigenvalue weighted by Gasteiger charge is -2.26. The van der Waals surface area contributed by atoms with Crippen LogP contribution in [-0.4, -0.2) is 64.1 Å². The maximum absolute atomic E-state index is 12.9. The summed E-state index contributed by atoms with van der Waals surface area (Å²) in [5.41, 5.74) is 1.21. The van der Waals surface area contributed by atoms with E-state index < -0.39 is 10.0 Å². The number of amides is 1. The van der Waals surface area contributed by atoms with Crippen LogP contribution in [0.15, 0.2) is 23.1 Å². The van der Waals surface area contributed by atoms with E-state index in [0.29, 0.717) is 50.6 Å². The number of morpholine rings is 1. The molecule has 0 radical (unpaired) electrons. The summed E-state index contributed by atoms with van der Waals surface area (Å²) in [5, 5.41) is 9.36. The monoisotopic (exact) mass is 432 g/mol. The van der Waals surface area contributed by atoms with Crippen LogP contribution in [0, 0.1) is 0 Å². The topological polar surface area (TPSA) is 99.8 Å². The number of benzene rings is 1. The van der Waals surface area contributed by atoms with Gasteiger partial charge in [-0.3, -0.25) is 4.79 Å². The van der Waals surface area contributed by atoms with Crippen LogP contribution >= 0.6 is 12.4 Å². The van der Waals surface area contributed by atoms with Crippen LogP contribution in [0.3, 0.4) is 0 Å². The highest BCUT2D eigenvalue weighted by atomic mass is 35.5. The van der Waals surface area contributed by atoms with Crippen molar-refractivity contribution in [1.29, 1.82) is 0 Å². The Bertz CT molecular complexity index is 763. The maximum atomic E-state index is 12.9. The molecule has 1 atom stereocenters. The van der Waals surface area contributed by atoms with E-state index in [-0.39, 0.29) is 29.3 Å². The van der Waals surface area contributed by atoms with Crippen molar-refractivity contribution in [3.8, 4) is 0 Å². The summed E-state index contributed by atoms with van der Waals surface area (Å²) in [5.74, 6) is -0.116. The van der Waals surface area contributed by atoms with E-state index >= 15 is 0 Å². The van der Waals surface area contributed by atoms with Gasteiger partial charge in [-0.15, -0.1) is 12.4 Å². The molecule has 2 saturated heterocycles. The van der Waals surface area contributed by atoms with Crippen LogP contribution in [0.2, 0.25) is 0 Å². The zero-order valence-corrected chi connectivity index (χ0v) is 17.7. The van der Waals surface area contributed by atoms with Gasteiger partial charge in [-0.25, -0.2) is 8.42 Å². The van der Waals surface area contributed by atoms with E-state index in [1.54, 1.807) is 18.2 Å². The van der Waals surface area contributed by atoms with Gasteiger partial charge in [-0.05, 0) is 44.5 Å². The zero-order chi connectivity index (χ0) is 19.3. The fourth-order valence-corrected chi connectivity index (χ4v) is 4.86. The van der Waals surface area contributed by atoms with Crippen molar-refractivity contribution < 1.29 is 17.9 Å². The summed E-state index contributed by atoms with van der Waals surface area (Å²) in [7, 11) is -3.61. The number of hydrogen-bond donors (Lipinski definition) is 3. The molecule has 2 fully saturated rings. The Kier molecular flexibility index (Phi) is 8.51. The Hall–Kier alpha value is -1.39. The van der Waals surface area contributed by atoms with Crippen LogP contribution < -0.4 is 16.0 Å². The Labute approximate surface area is 172 Å². The second kappa shape index (κ2) is 10.4. The first-order valence-electron chi connectivity index (χ1n) is 9.49. The molecule has 0 bridgehead atoms. The third kappa shape index (κ3) is 5.57. The molecule has 0 spiro atoms. The van der Waals surface area contributed by atoms with E-state index in [0.717, 1.165) is 19.4 Å². The van der Waals surface area contributed by atoms with Gasteiger partial charge in [-0.1, -0.05) is 0 Å². The number of rotatable bonds is 7. The Morgan fingerprint density at radius 1 is 1.29 bits per heavy atom. The Morgan fingerprint density at radius 2 is 2.04 bits per heavy atom. The van der Waals surface area contributed by atoms with E-state index in [1.165, 1.54) is 4.31 Å². The van der Waals surface area contributed by atoms with E-state index in [2.05, 4.69) is 16.0 Å². The second-order valence-corrected chi connectivity index (χ2v) is 8.74. The molecule has 0 aromatic heterocycles. The number of carbonyl (C=O) groups excluding carboxylic acids is 1. The van der Waals surface area contributed by atoms with E-state index in [1.807, 2.05) is 6.92 Å². The molecule has 0 saturated carbocycles. The van der Waals surface area contributed by atoms with Gasteiger partial charge >= 0.3 is 0 Å². The molecule has 1 unspecified atom stereocenters. The molecular formula is C18H29ClN4O4S. The van der Waals surface area contributed by atoms with Crippen LogP contribution in [0.25, 0.3) is 0 Å². The fraction of sp³-hybridized carbons (Fsp3) is 0.611. The highest BCUT2D eigenvalue weighted by Gasteiger charge is 2.27. The highest BCUT2D eigenvalue weighted by Crippen LogP contribution is 2.28. The standard InChI is InChI=1S/C18H28N4O4S.ClH/c1-2-19-16-6-5-15(27(24,25)22-8-10-26-11-9-22)13-17(16)21-18(23)12-14-4-3-7-20-14;/h5-6,13-14,19-20H,2-4,7-12H2,1H3,(H,21,23);1H. The molecule has 10 heteroatoms. The van der Waals surface area contributed by atoms with Gasteiger partial charge in [0.2, 0.25) is 15.9 Å². The van der Waals surface area contributed by atoms with Gasteiger partial charge in [-0.2, -0.15) is 4.31 Å². The molecule has 2 aliphatic heterocycles. The summed E-state index contributed by atoms with van der Waals surface area (Å²) >= 11 is 0. The number of halogens is 1. The minimum absolute atomic E-state index is 0. The molecule has 1 amide bonds.